The van der Waals surface area contributed by atoms with Crippen LogP contribution in [0.4, 0.5) is 11.6 Å². The highest BCUT2D eigenvalue weighted by Gasteiger charge is 2.35. The minimum absolute atomic E-state index is 0.0676. The van der Waals surface area contributed by atoms with Crippen LogP contribution < -0.4 is 5.32 Å². The first-order valence-electron chi connectivity index (χ1n) is 8.89. The highest BCUT2D eigenvalue weighted by Crippen LogP contribution is 2.38. The van der Waals surface area contributed by atoms with Gasteiger partial charge in [0.2, 0.25) is 5.95 Å². The van der Waals surface area contributed by atoms with E-state index in [1.807, 2.05) is 17.5 Å². The van der Waals surface area contributed by atoms with Gasteiger partial charge in [-0.3, -0.25) is 10.1 Å². The molecule has 10 heteroatoms. The molecule has 1 aromatic carbocycles. The van der Waals surface area contributed by atoms with Crippen molar-refractivity contribution >= 4 is 28.9 Å². The summed E-state index contributed by atoms with van der Waals surface area (Å²) in [5.74, 6) is 0.458. The predicted octanol–water partition coefficient (Wildman–Crippen LogP) is 3.77. The lowest BCUT2D eigenvalue weighted by Crippen LogP contribution is -2.29. The molecule has 1 aliphatic heterocycles. The van der Waals surface area contributed by atoms with E-state index in [0.717, 1.165) is 4.88 Å². The third-order valence-corrected chi connectivity index (χ3v) is 5.35. The summed E-state index contributed by atoms with van der Waals surface area (Å²) in [6, 6.07) is 9.27. The largest absolute Gasteiger partial charge is 0.463 e. The predicted molar refractivity (Wildman–Crippen MR) is 108 cm³/mol. The van der Waals surface area contributed by atoms with Gasteiger partial charge in [0.1, 0.15) is 6.04 Å². The van der Waals surface area contributed by atoms with E-state index in [0.29, 0.717) is 28.6 Å². The standard InChI is InChI=1S/C19H17N5O4S/c1-3-28-18(25)15-11(2)20-19-21-17(14-8-5-9-29-14)22-23(19)16(15)12-6-4-7-13(10-12)24(26)27/h4-10,16H,3H2,1-2H3,(H,20,21,22). The SMILES string of the molecule is CCOC(=O)C1=C(C)Nc2nc(-c3cccs3)nn2C1c1cccc([N+](=O)[O-])c1. The molecule has 0 saturated heterocycles. The number of non-ortho nitro benzene ring substituents is 1. The number of fused-ring (bicyclic) bond motifs is 1. The van der Waals surface area contributed by atoms with Crippen LogP contribution in [0.25, 0.3) is 10.7 Å². The van der Waals surface area contributed by atoms with E-state index in [2.05, 4.69) is 15.4 Å². The summed E-state index contributed by atoms with van der Waals surface area (Å²) in [5, 5.41) is 20.9. The van der Waals surface area contributed by atoms with Gasteiger partial charge in [-0.15, -0.1) is 16.4 Å². The topological polar surface area (TPSA) is 112 Å². The van der Waals surface area contributed by atoms with Gasteiger partial charge in [-0.05, 0) is 30.9 Å². The number of nitro groups is 1. The molecule has 29 heavy (non-hydrogen) atoms. The van der Waals surface area contributed by atoms with Gasteiger partial charge in [-0.2, -0.15) is 4.98 Å². The lowest BCUT2D eigenvalue weighted by molar-refractivity contribution is -0.384. The number of benzene rings is 1. The smallest absolute Gasteiger partial charge is 0.338 e. The zero-order valence-corrected chi connectivity index (χ0v) is 16.5. The summed E-state index contributed by atoms with van der Waals surface area (Å²) >= 11 is 1.50. The van der Waals surface area contributed by atoms with Crippen LogP contribution in [0.1, 0.15) is 25.5 Å². The van der Waals surface area contributed by atoms with Gasteiger partial charge >= 0.3 is 5.97 Å². The third kappa shape index (κ3) is 3.38. The van der Waals surface area contributed by atoms with Crippen LogP contribution in [-0.2, 0) is 9.53 Å². The van der Waals surface area contributed by atoms with E-state index < -0.39 is 16.9 Å². The molecule has 9 nitrogen and oxygen atoms in total. The second-order valence-corrected chi connectivity index (χ2v) is 7.27. The van der Waals surface area contributed by atoms with Crippen LogP contribution in [0.15, 0.2) is 53.0 Å². The molecule has 0 saturated carbocycles. The summed E-state index contributed by atoms with van der Waals surface area (Å²) in [4.78, 5) is 29.0. The zero-order chi connectivity index (χ0) is 20.5. The Balaban J connectivity index is 1.89. The molecular weight excluding hydrogens is 394 g/mol. The number of carbonyl (C=O) groups excluding carboxylic acids is 1. The number of hydrogen-bond donors (Lipinski definition) is 1. The monoisotopic (exact) mass is 411 g/mol. The first-order valence-corrected chi connectivity index (χ1v) is 9.77. The Bertz CT molecular complexity index is 1120. The van der Waals surface area contributed by atoms with Crippen LogP contribution in [0.5, 0.6) is 0 Å². The van der Waals surface area contributed by atoms with Gasteiger partial charge < -0.3 is 10.1 Å². The maximum Gasteiger partial charge on any atom is 0.338 e. The first-order chi connectivity index (χ1) is 14.0. The highest BCUT2D eigenvalue weighted by atomic mass is 32.1. The van der Waals surface area contributed by atoms with Crippen molar-refractivity contribution in [1.82, 2.24) is 14.8 Å². The average Bonchev–Trinajstić information content (AvgIpc) is 3.36. The Morgan fingerprint density at radius 2 is 2.21 bits per heavy atom. The molecule has 0 spiro atoms. The number of carbonyl (C=O) groups is 1. The molecule has 0 amide bonds. The Morgan fingerprint density at radius 1 is 1.38 bits per heavy atom. The van der Waals surface area contributed by atoms with Crippen LogP contribution in [0.2, 0.25) is 0 Å². The molecule has 0 bridgehead atoms. The van der Waals surface area contributed by atoms with Gasteiger partial charge in [-0.25, -0.2) is 9.48 Å². The lowest BCUT2D eigenvalue weighted by atomic mass is 9.95. The minimum Gasteiger partial charge on any atom is -0.463 e. The van der Waals surface area contributed by atoms with Gasteiger partial charge in [0, 0.05) is 17.8 Å². The van der Waals surface area contributed by atoms with Crippen molar-refractivity contribution in [3.05, 3.63) is 68.7 Å². The second kappa shape index (κ2) is 7.47. The van der Waals surface area contributed by atoms with Crippen molar-refractivity contribution in [2.45, 2.75) is 19.9 Å². The van der Waals surface area contributed by atoms with Crippen LogP contribution >= 0.6 is 11.3 Å². The molecule has 1 aliphatic rings. The van der Waals surface area contributed by atoms with Crippen LogP contribution in [-0.4, -0.2) is 32.3 Å². The molecule has 1 N–H and O–H groups in total. The maximum absolute atomic E-state index is 12.7. The Morgan fingerprint density at radius 3 is 2.90 bits per heavy atom. The molecule has 0 fully saturated rings. The molecule has 1 unspecified atom stereocenters. The molecule has 4 rings (SSSR count). The number of hydrogen-bond acceptors (Lipinski definition) is 8. The number of rotatable bonds is 5. The number of esters is 1. The van der Waals surface area contributed by atoms with Crippen molar-refractivity contribution in [2.24, 2.45) is 0 Å². The quantitative estimate of drug-likeness (QED) is 0.386. The van der Waals surface area contributed by atoms with E-state index >= 15 is 0 Å². The number of aromatic nitrogens is 3. The average molecular weight is 411 g/mol. The fraction of sp³-hybridized carbons (Fsp3) is 0.211. The zero-order valence-electron chi connectivity index (χ0n) is 15.7. The van der Waals surface area contributed by atoms with Crippen molar-refractivity contribution in [3.63, 3.8) is 0 Å². The minimum atomic E-state index is -0.702. The summed E-state index contributed by atoms with van der Waals surface area (Å²) in [7, 11) is 0. The van der Waals surface area contributed by atoms with Crippen molar-refractivity contribution < 1.29 is 14.5 Å². The molecule has 2 aromatic heterocycles. The highest BCUT2D eigenvalue weighted by molar-refractivity contribution is 7.13. The fourth-order valence-electron chi connectivity index (χ4n) is 3.25. The second-order valence-electron chi connectivity index (χ2n) is 6.32. The fourth-order valence-corrected chi connectivity index (χ4v) is 3.90. The van der Waals surface area contributed by atoms with Gasteiger partial charge in [0.15, 0.2) is 5.82 Å². The van der Waals surface area contributed by atoms with Gasteiger partial charge in [0.05, 0.1) is 22.0 Å². The Kier molecular flexibility index (Phi) is 4.85. The van der Waals surface area contributed by atoms with Gasteiger partial charge in [0.25, 0.3) is 5.69 Å². The number of anilines is 1. The first kappa shape index (κ1) is 18.8. The van der Waals surface area contributed by atoms with Gasteiger partial charge in [-0.1, -0.05) is 18.2 Å². The number of allylic oxidation sites excluding steroid dienone is 1. The molecular formula is C19H17N5O4S. The number of nitrogens with zero attached hydrogens (tertiary/aromatic N) is 4. The van der Waals surface area contributed by atoms with E-state index in [-0.39, 0.29) is 12.3 Å². The normalized spacial score (nSPS) is 15.6. The Labute approximate surface area is 169 Å². The van der Waals surface area contributed by atoms with Crippen molar-refractivity contribution in [1.29, 1.82) is 0 Å². The summed E-state index contributed by atoms with van der Waals surface area (Å²) in [6.45, 7) is 3.68. The van der Waals surface area contributed by atoms with Crippen molar-refractivity contribution in [3.8, 4) is 10.7 Å². The van der Waals surface area contributed by atoms with E-state index in [1.165, 1.54) is 23.5 Å². The lowest BCUT2D eigenvalue weighted by Gasteiger charge is -2.27. The van der Waals surface area contributed by atoms with E-state index in [1.54, 1.807) is 30.7 Å². The number of nitrogens with one attached hydrogen (secondary N) is 1. The van der Waals surface area contributed by atoms with Crippen molar-refractivity contribution in [2.75, 3.05) is 11.9 Å². The summed E-state index contributed by atoms with van der Waals surface area (Å²) in [6.07, 6.45) is 0. The van der Waals surface area contributed by atoms with Crippen LogP contribution in [0.3, 0.4) is 0 Å². The molecule has 3 heterocycles. The molecule has 148 valence electrons. The molecule has 3 aromatic rings. The number of ether oxygens (including phenoxy) is 1. The summed E-state index contributed by atoms with van der Waals surface area (Å²) < 4.78 is 6.82. The third-order valence-electron chi connectivity index (χ3n) is 4.49. The number of thiophene rings is 1. The number of nitro benzene ring substituents is 1. The van der Waals surface area contributed by atoms with Crippen LogP contribution in [0, 0.1) is 10.1 Å². The summed E-state index contributed by atoms with van der Waals surface area (Å²) in [5.41, 5.74) is 1.38. The Hall–Kier alpha value is -3.53. The molecule has 1 atom stereocenters. The molecule has 0 radical (unpaired) electrons. The maximum atomic E-state index is 12.7. The molecule has 0 aliphatic carbocycles. The van der Waals surface area contributed by atoms with E-state index in [4.69, 9.17) is 4.74 Å². The van der Waals surface area contributed by atoms with E-state index in [9.17, 15) is 14.9 Å².